The van der Waals surface area contributed by atoms with E-state index in [-0.39, 0.29) is 0 Å². The van der Waals surface area contributed by atoms with Gasteiger partial charge in [-0.1, -0.05) is 17.7 Å². The molecule has 1 heterocycles. The van der Waals surface area contributed by atoms with E-state index in [1.165, 1.54) is 5.56 Å². The lowest BCUT2D eigenvalue weighted by Gasteiger charge is -2.08. The summed E-state index contributed by atoms with van der Waals surface area (Å²) in [5.41, 5.74) is 2.98. The molecular weight excluding hydrogens is 236 g/mol. The molecule has 1 aromatic carbocycles. The lowest BCUT2D eigenvalue weighted by atomic mass is 10.1. The van der Waals surface area contributed by atoms with Gasteiger partial charge in [-0.25, -0.2) is 4.98 Å². The van der Waals surface area contributed by atoms with Gasteiger partial charge in [0.2, 0.25) is 5.88 Å². The molecule has 0 unspecified atom stereocenters. The topological polar surface area (TPSA) is 35.0 Å². The molecule has 0 aliphatic rings. The van der Waals surface area contributed by atoms with Crippen molar-refractivity contribution in [2.24, 2.45) is 0 Å². The van der Waals surface area contributed by atoms with Crippen molar-refractivity contribution in [3.63, 3.8) is 0 Å². The second-order valence-electron chi connectivity index (χ2n) is 3.85. The van der Waals surface area contributed by atoms with Gasteiger partial charge in [-0.3, -0.25) is 4.98 Å². The van der Waals surface area contributed by atoms with Gasteiger partial charge in [-0.05, 0) is 25.5 Å². The van der Waals surface area contributed by atoms with Crippen LogP contribution in [0, 0.1) is 13.8 Å². The second-order valence-corrected chi connectivity index (χ2v) is 4.12. The zero-order valence-electron chi connectivity index (χ0n) is 9.77. The van der Waals surface area contributed by atoms with E-state index in [1.54, 1.807) is 12.4 Å². The molecule has 0 amide bonds. The second kappa shape index (κ2) is 5.15. The molecule has 0 saturated carbocycles. The summed E-state index contributed by atoms with van der Waals surface area (Å²) in [6.07, 6.45) is 3.21. The van der Waals surface area contributed by atoms with Crippen LogP contribution < -0.4 is 4.74 Å². The molecule has 0 bridgehead atoms. The van der Waals surface area contributed by atoms with Crippen LogP contribution in [0.4, 0.5) is 0 Å². The van der Waals surface area contributed by atoms with Gasteiger partial charge in [0, 0.05) is 6.20 Å². The molecule has 2 rings (SSSR count). The van der Waals surface area contributed by atoms with Crippen LogP contribution in [-0.2, 0) is 5.88 Å². The number of aryl methyl sites for hydroxylation is 2. The summed E-state index contributed by atoms with van der Waals surface area (Å²) in [5, 5.41) is 0. The first-order chi connectivity index (χ1) is 8.19. The van der Waals surface area contributed by atoms with Gasteiger partial charge in [-0.2, -0.15) is 0 Å². The van der Waals surface area contributed by atoms with Crippen molar-refractivity contribution in [3.8, 4) is 11.6 Å². The standard InChI is InChI=1S/C13H13ClN2O/c1-9-3-4-12(10(2)5-9)17-13-8-15-7-11(6-14)16-13/h3-5,7-8H,6H2,1-2H3. The molecule has 0 atom stereocenters. The number of hydrogen-bond acceptors (Lipinski definition) is 3. The smallest absolute Gasteiger partial charge is 0.238 e. The predicted molar refractivity (Wildman–Crippen MR) is 67.6 cm³/mol. The summed E-state index contributed by atoms with van der Waals surface area (Å²) >= 11 is 5.70. The molecule has 0 aliphatic carbocycles. The summed E-state index contributed by atoms with van der Waals surface area (Å²) in [6, 6.07) is 6.00. The Morgan fingerprint density at radius 3 is 2.76 bits per heavy atom. The molecule has 0 saturated heterocycles. The first kappa shape index (κ1) is 11.9. The number of halogens is 1. The highest BCUT2D eigenvalue weighted by Crippen LogP contribution is 2.24. The van der Waals surface area contributed by atoms with Gasteiger partial charge in [0.1, 0.15) is 5.75 Å². The summed E-state index contributed by atoms with van der Waals surface area (Å²) in [7, 11) is 0. The van der Waals surface area contributed by atoms with Crippen molar-refractivity contribution in [2.45, 2.75) is 19.7 Å². The Labute approximate surface area is 105 Å². The molecule has 88 valence electrons. The normalized spacial score (nSPS) is 10.3. The number of rotatable bonds is 3. The first-order valence-electron chi connectivity index (χ1n) is 5.31. The minimum absolute atomic E-state index is 0.330. The van der Waals surface area contributed by atoms with E-state index < -0.39 is 0 Å². The average Bonchev–Trinajstić information content (AvgIpc) is 2.33. The Hall–Kier alpha value is -1.61. The Balaban J connectivity index is 2.25. The molecule has 1 aromatic heterocycles. The van der Waals surface area contributed by atoms with E-state index in [0.29, 0.717) is 17.5 Å². The first-order valence-corrected chi connectivity index (χ1v) is 5.84. The van der Waals surface area contributed by atoms with E-state index in [9.17, 15) is 0 Å². The van der Waals surface area contributed by atoms with Gasteiger partial charge in [0.15, 0.2) is 0 Å². The molecule has 0 aliphatic heterocycles. The van der Waals surface area contributed by atoms with Crippen LogP contribution in [0.2, 0.25) is 0 Å². The lowest BCUT2D eigenvalue weighted by Crippen LogP contribution is -1.94. The summed E-state index contributed by atoms with van der Waals surface area (Å²) in [5.74, 6) is 1.59. The van der Waals surface area contributed by atoms with Crippen molar-refractivity contribution in [3.05, 3.63) is 47.4 Å². The number of hydrogen-bond donors (Lipinski definition) is 0. The van der Waals surface area contributed by atoms with Crippen molar-refractivity contribution < 1.29 is 4.74 Å². The van der Waals surface area contributed by atoms with E-state index in [0.717, 1.165) is 11.3 Å². The zero-order chi connectivity index (χ0) is 12.3. The fourth-order valence-electron chi connectivity index (χ4n) is 1.53. The Morgan fingerprint density at radius 2 is 2.06 bits per heavy atom. The molecule has 3 nitrogen and oxygen atoms in total. The van der Waals surface area contributed by atoms with Gasteiger partial charge in [-0.15, -0.1) is 11.6 Å². The third-order valence-corrected chi connectivity index (χ3v) is 2.62. The molecule has 0 fully saturated rings. The third-order valence-electron chi connectivity index (χ3n) is 2.34. The summed E-state index contributed by atoms with van der Waals surface area (Å²) < 4.78 is 5.67. The SMILES string of the molecule is Cc1ccc(Oc2cncc(CCl)n2)c(C)c1. The number of nitrogens with zero attached hydrogens (tertiary/aromatic N) is 2. The van der Waals surface area contributed by atoms with Crippen LogP contribution in [0.25, 0.3) is 0 Å². The van der Waals surface area contributed by atoms with Crippen molar-refractivity contribution in [2.75, 3.05) is 0 Å². The largest absolute Gasteiger partial charge is 0.437 e. The minimum Gasteiger partial charge on any atom is -0.437 e. The quantitative estimate of drug-likeness (QED) is 0.778. The average molecular weight is 249 g/mol. The molecule has 0 N–H and O–H groups in total. The van der Waals surface area contributed by atoms with Crippen LogP contribution in [0.1, 0.15) is 16.8 Å². The van der Waals surface area contributed by atoms with Crippen LogP contribution in [0.3, 0.4) is 0 Å². The number of alkyl halides is 1. The van der Waals surface area contributed by atoms with E-state index in [1.807, 2.05) is 26.0 Å². The van der Waals surface area contributed by atoms with Gasteiger partial charge in [0.25, 0.3) is 0 Å². The highest BCUT2D eigenvalue weighted by molar-refractivity contribution is 6.16. The van der Waals surface area contributed by atoms with Crippen LogP contribution in [0.15, 0.2) is 30.6 Å². The van der Waals surface area contributed by atoms with E-state index in [4.69, 9.17) is 16.3 Å². The maximum atomic E-state index is 5.70. The van der Waals surface area contributed by atoms with E-state index in [2.05, 4.69) is 16.0 Å². The highest BCUT2D eigenvalue weighted by atomic mass is 35.5. The Kier molecular flexibility index (Phi) is 3.59. The minimum atomic E-state index is 0.330. The molecule has 0 radical (unpaired) electrons. The van der Waals surface area contributed by atoms with E-state index >= 15 is 0 Å². The van der Waals surface area contributed by atoms with Crippen molar-refractivity contribution in [1.82, 2.24) is 9.97 Å². The van der Waals surface area contributed by atoms with Crippen LogP contribution in [0.5, 0.6) is 11.6 Å². The lowest BCUT2D eigenvalue weighted by molar-refractivity contribution is 0.455. The number of aromatic nitrogens is 2. The van der Waals surface area contributed by atoms with Gasteiger partial charge < -0.3 is 4.74 Å². The molecule has 2 aromatic rings. The highest BCUT2D eigenvalue weighted by Gasteiger charge is 2.04. The molecule has 17 heavy (non-hydrogen) atoms. The monoisotopic (exact) mass is 248 g/mol. The van der Waals surface area contributed by atoms with Gasteiger partial charge in [0.05, 0.1) is 17.8 Å². The summed E-state index contributed by atoms with van der Waals surface area (Å²) in [6.45, 7) is 4.05. The molecule has 0 spiro atoms. The number of benzene rings is 1. The molecule has 4 heteroatoms. The maximum absolute atomic E-state index is 5.70. The predicted octanol–water partition coefficient (Wildman–Crippen LogP) is 3.62. The van der Waals surface area contributed by atoms with Gasteiger partial charge >= 0.3 is 0 Å². The van der Waals surface area contributed by atoms with Crippen molar-refractivity contribution in [1.29, 1.82) is 0 Å². The fraction of sp³-hybridized carbons (Fsp3) is 0.231. The number of ether oxygens (including phenoxy) is 1. The summed E-state index contributed by atoms with van der Waals surface area (Å²) in [4.78, 5) is 8.26. The van der Waals surface area contributed by atoms with Crippen LogP contribution in [-0.4, -0.2) is 9.97 Å². The third kappa shape index (κ3) is 2.94. The zero-order valence-corrected chi connectivity index (χ0v) is 10.5. The molecular formula is C13H13ClN2O. The fourth-order valence-corrected chi connectivity index (χ4v) is 1.66. The van der Waals surface area contributed by atoms with Crippen LogP contribution >= 0.6 is 11.6 Å². The Bertz CT molecular complexity index is 529. The van der Waals surface area contributed by atoms with Crippen molar-refractivity contribution >= 4 is 11.6 Å². The Morgan fingerprint density at radius 1 is 1.24 bits per heavy atom. The maximum Gasteiger partial charge on any atom is 0.238 e.